The molecular formula is C22H14Cl2N2O5. The number of amides is 2. The standard InChI is InChI=1S/C22H14Cl2N2O5/c1-30-22(29)16-9-12(5-7-18(16)24)19-8-6-15(31-19)11-17-20(27)25-26(21(17)28)14-4-2-3-13(23)10-14/h2-11H,1H3,(H,25,27). The molecule has 0 bridgehead atoms. The molecule has 0 saturated carbocycles. The van der Waals surface area contributed by atoms with Crippen LogP contribution in [0.15, 0.2) is 64.6 Å². The van der Waals surface area contributed by atoms with E-state index in [-0.39, 0.29) is 21.9 Å². The lowest BCUT2D eigenvalue weighted by atomic mass is 10.1. The van der Waals surface area contributed by atoms with Gasteiger partial charge in [-0.15, -0.1) is 0 Å². The average Bonchev–Trinajstić information content (AvgIpc) is 3.34. The average molecular weight is 457 g/mol. The summed E-state index contributed by atoms with van der Waals surface area (Å²) in [7, 11) is 1.26. The van der Waals surface area contributed by atoms with Gasteiger partial charge in [-0.2, -0.15) is 0 Å². The monoisotopic (exact) mass is 456 g/mol. The van der Waals surface area contributed by atoms with Gasteiger partial charge < -0.3 is 9.15 Å². The zero-order valence-electron chi connectivity index (χ0n) is 16.0. The second kappa shape index (κ2) is 8.29. The molecule has 1 N–H and O–H groups in total. The number of nitrogens with one attached hydrogen (secondary N) is 1. The van der Waals surface area contributed by atoms with Crippen LogP contribution in [0.5, 0.6) is 0 Å². The van der Waals surface area contributed by atoms with Gasteiger partial charge in [0.15, 0.2) is 0 Å². The van der Waals surface area contributed by atoms with Crippen molar-refractivity contribution in [3.63, 3.8) is 0 Å². The van der Waals surface area contributed by atoms with Crippen LogP contribution in [-0.2, 0) is 14.3 Å². The first-order valence-electron chi connectivity index (χ1n) is 8.98. The summed E-state index contributed by atoms with van der Waals surface area (Å²) in [6, 6.07) is 14.6. The number of anilines is 1. The van der Waals surface area contributed by atoms with E-state index in [1.54, 1.807) is 48.5 Å². The zero-order chi connectivity index (χ0) is 22.1. The molecule has 156 valence electrons. The molecule has 3 aromatic rings. The van der Waals surface area contributed by atoms with E-state index in [0.717, 1.165) is 5.01 Å². The van der Waals surface area contributed by atoms with Crippen LogP contribution in [0.2, 0.25) is 10.0 Å². The molecule has 2 heterocycles. The minimum Gasteiger partial charge on any atom is -0.465 e. The first-order valence-corrected chi connectivity index (χ1v) is 9.74. The zero-order valence-corrected chi connectivity index (χ0v) is 17.5. The maximum atomic E-state index is 12.7. The molecule has 2 aromatic carbocycles. The van der Waals surface area contributed by atoms with Crippen molar-refractivity contribution < 1.29 is 23.5 Å². The van der Waals surface area contributed by atoms with Crippen molar-refractivity contribution in [1.29, 1.82) is 0 Å². The highest BCUT2D eigenvalue weighted by Crippen LogP contribution is 2.29. The van der Waals surface area contributed by atoms with Crippen LogP contribution in [0.4, 0.5) is 5.69 Å². The van der Waals surface area contributed by atoms with Gasteiger partial charge in [0, 0.05) is 10.6 Å². The second-order valence-corrected chi connectivity index (χ2v) is 7.35. The fraction of sp³-hybridized carbons (Fsp3) is 0.0455. The van der Waals surface area contributed by atoms with Crippen molar-refractivity contribution >= 4 is 52.7 Å². The maximum Gasteiger partial charge on any atom is 0.339 e. The molecule has 0 radical (unpaired) electrons. The lowest BCUT2D eigenvalue weighted by Crippen LogP contribution is -2.35. The number of methoxy groups -OCH3 is 1. The minimum absolute atomic E-state index is 0.0905. The molecular weight excluding hydrogens is 443 g/mol. The van der Waals surface area contributed by atoms with Crippen molar-refractivity contribution in [3.05, 3.63) is 81.5 Å². The Hall–Kier alpha value is -3.55. The van der Waals surface area contributed by atoms with Crippen molar-refractivity contribution in [2.24, 2.45) is 0 Å². The molecule has 0 atom stereocenters. The molecule has 9 heteroatoms. The Kier molecular flexibility index (Phi) is 5.54. The summed E-state index contributed by atoms with van der Waals surface area (Å²) in [6.07, 6.45) is 1.35. The van der Waals surface area contributed by atoms with Crippen molar-refractivity contribution in [1.82, 2.24) is 5.43 Å². The van der Waals surface area contributed by atoms with E-state index < -0.39 is 17.8 Å². The summed E-state index contributed by atoms with van der Waals surface area (Å²) in [6.45, 7) is 0. The second-order valence-electron chi connectivity index (χ2n) is 6.51. The van der Waals surface area contributed by atoms with Gasteiger partial charge in [0.25, 0.3) is 11.8 Å². The molecule has 31 heavy (non-hydrogen) atoms. The Labute approximate surface area is 186 Å². The number of ether oxygens (including phenoxy) is 1. The van der Waals surface area contributed by atoms with Crippen LogP contribution in [0, 0.1) is 0 Å². The predicted molar refractivity (Wildman–Crippen MR) is 116 cm³/mol. The van der Waals surface area contributed by atoms with Gasteiger partial charge in [0.05, 0.1) is 23.4 Å². The number of benzene rings is 2. The number of nitrogens with zero attached hydrogens (tertiary/aromatic N) is 1. The molecule has 0 unspecified atom stereocenters. The van der Waals surface area contributed by atoms with Gasteiger partial charge in [0.2, 0.25) is 0 Å². The number of hydrogen-bond acceptors (Lipinski definition) is 5. The number of carbonyl (C=O) groups is 3. The maximum absolute atomic E-state index is 12.7. The summed E-state index contributed by atoms with van der Waals surface area (Å²) >= 11 is 12.0. The molecule has 1 aliphatic rings. The predicted octanol–water partition coefficient (Wildman–Crippen LogP) is 4.50. The van der Waals surface area contributed by atoms with Crippen LogP contribution in [0.3, 0.4) is 0 Å². The number of furan rings is 1. The fourth-order valence-electron chi connectivity index (χ4n) is 3.03. The summed E-state index contributed by atoms with van der Waals surface area (Å²) < 4.78 is 10.5. The summed E-state index contributed by atoms with van der Waals surface area (Å²) in [4.78, 5) is 36.9. The van der Waals surface area contributed by atoms with E-state index in [0.29, 0.717) is 22.0 Å². The van der Waals surface area contributed by atoms with Crippen LogP contribution in [0.1, 0.15) is 16.1 Å². The SMILES string of the molecule is COC(=O)c1cc(-c2ccc(C=C3C(=O)NN(c4cccc(Cl)c4)C3=O)o2)ccc1Cl. The number of hydrogen-bond donors (Lipinski definition) is 1. The number of rotatable bonds is 4. The lowest BCUT2D eigenvalue weighted by molar-refractivity contribution is -0.117. The third-order valence-corrected chi connectivity index (χ3v) is 5.09. The molecule has 0 aliphatic carbocycles. The summed E-state index contributed by atoms with van der Waals surface area (Å²) in [5, 5.41) is 1.80. The van der Waals surface area contributed by atoms with E-state index in [1.807, 2.05) is 0 Å². The normalized spacial score (nSPS) is 14.8. The van der Waals surface area contributed by atoms with Gasteiger partial charge >= 0.3 is 5.97 Å². The molecule has 1 aromatic heterocycles. The van der Waals surface area contributed by atoms with E-state index in [4.69, 9.17) is 32.4 Å². The summed E-state index contributed by atoms with van der Waals surface area (Å²) in [5.74, 6) is -0.968. The Morgan fingerprint density at radius 2 is 1.90 bits per heavy atom. The lowest BCUT2D eigenvalue weighted by Gasteiger charge is -2.14. The number of halogens is 2. The van der Waals surface area contributed by atoms with Crippen molar-refractivity contribution in [2.45, 2.75) is 0 Å². The third-order valence-electron chi connectivity index (χ3n) is 4.53. The Morgan fingerprint density at radius 3 is 2.65 bits per heavy atom. The highest BCUT2D eigenvalue weighted by atomic mass is 35.5. The largest absolute Gasteiger partial charge is 0.465 e. The molecule has 4 rings (SSSR count). The quantitative estimate of drug-likeness (QED) is 0.354. The van der Waals surface area contributed by atoms with E-state index in [2.05, 4.69) is 5.43 Å². The minimum atomic E-state index is -0.574. The Morgan fingerprint density at radius 1 is 1.10 bits per heavy atom. The van der Waals surface area contributed by atoms with Crippen LogP contribution >= 0.6 is 23.2 Å². The highest BCUT2D eigenvalue weighted by molar-refractivity contribution is 6.34. The number of hydrazine groups is 1. The van der Waals surface area contributed by atoms with Crippen LogP contribution in [-0.4, -0.2) is 24.9 Å². The molecule has 2 amide bonds. The first-order chi connectivity index (χ1) is 14.9. The van der Waals surface area contributed by atoms with Gasteiger partial charge in [-0.3, -0.25) is 15.0 Å². The summed E-state index contributed by atoms with van der Waals surface area (Å²) in [5.41, 5.74) is 3.62. The first kappa shape index (κ1) is 20.7. The number of esters is 1. The molecule has 7 nitrogen and oxygen atoms in total. The Bertz CT molecular complexity index is 1250. The van der Waals surface area contributed by atoms with Gasteiger partial charge in [-0.05, 0) is 54.6 Å². The van der Waals surface area contributed by atoms with Crippen molar-refractivity contribution in [2.75, 3.05) is 12.1 Å². The highest BCUT2D eigenvalue weighted by Gasteiger charge is 2.34. The van der Waals surface area contributed by atoms with E-state index in [1.165, 1.54) is 19.3 Å². The smallest absolute Gasteiger partial charge is 0.339 e. The Balaban J connectivity index is 1.62. The molecule has 1 aliphatic heterocycles. The van der Waals surface area contributed by atoms with Crippen LogP contribution in [0.25, 0.3) is 17.4 Å². The topological polar surface area (TPSA) is 88.9 Å². The van der Waals surface area contributed by atoms with Crippen LogP contribution < -0.4 is 10.4 Å². The molecule has 0 spiro atoms. The fourth-order valence-corrected chi connectivity index (χ4v) is 3.41. The molecule has 1 fully saturated rings. The third kappa shape index (κ3) is 4.05. The van der Waals surface area contributed by atoms with Gasteiger partial charge in [-0.25, -0.2) is 9.80 Å². The number of carbonyl (C=O) groups excluding carboxylic acids is 3. The van der Waals surface area contributed by atoms with Crippen molar-refractivity contribution in [3.8, 4) is 11.3 Å². The van der Waals surface area contributed by atoms with E-state index in [9.17, 15) is 14.4 Å². The van der Waals surface area contributed by atoms with E-state index >= 15 is 0 Å². The van der Waals surface area contributed by atoms with Gasteiger partial charge in [-0.1, -0.05) is 29.3 Å². The van der Waals surface area contributed by atoms with Gasteiger partial charge in [0.1, 0.15) is 17.1 Å². The molecule has 1 saturated heterocycles.